The first-order valence-corrected chi connectivity index (χ1v) is 5.52. The summed E-state index contributed by atoms with van der Waals surface area (Å²) in [5, 5.41) is 3.45. The molecule has 0 amide bonds. The highest BCUT2D eigenvalue weighted by Gasteiger charge is 2.16. The number of aryl methyl sites for hydroxylation is 1. The normalized spacial score (nSPS) is 16.0. The van der Waals surface area contributed by atoms with Gasteiger partial charge in [0.25, 0.3) is 0 Å². The molecule has 1 aromatic rings. The average Bonchev–Trinajstić information content (AvgIpc) is 2.49. The van der Waals surface area contributed by atoms with E-state index in [0.29, 0.717) is 5.92 Å². The quantitative estimate of drug-likeness (QED) is 0.685. The van der Waals surface area contributed by atoms with Crippen LogP contribution in [-0.4, -0.2) is 10.4 Å². The lowest BCUT2D eigenvalue weighted by atomic mass is 10.1. The van der Waals surface area contributed by atoms with Crippen LogP contribution in [-0.2, 0) is 0 Å². The highest BCUT2D eigenvalue weighted by atomic mass is 35.5. The molecule has 0 aliphatic heterocycles. The van der Waals surface area contributed by atoms with Gasteiger partial charge in [-0.3, -0.25) is 0 Å². The van der Waals surface area contributed by atoms with Crippen LogP contribution in [0.15, 0.2) is 5.38 Å². The molecule has 0 aromatic carbocycles. The van der Waals surface area contributed by atoms with Gasteiger partial charge in [-0.1, -0.05) is 13.8 Å². The van der Waals surface area contributed by atoms with Gasteiger partial charge >= 0.3 is 0 Å². The van der Waals surface area contributed by atoms with Crippen molar-refractivity contribution in [2.45, 2.75) is 38.5 Å². The van der Waals surface area contributed by atoms with Crippen LogP contribution in [0.3, 0.4) is 0 Å². The molecule has 0 radical (unpaired) electrons. The van der Waals surface area contributed by atoms with Gasteiger partial charge in [-0.15, -0.1) is 22.9 Å². The Bertz CT molecular complexity index is 246. The Morgan fingerprint density at radius 3 is 2.75 bits per heavy atom. The van der Waals surface area contributed by atoms with E-state index in [0.717, 1.165) is 17.1 Å². The number of hydrogen-bond donors (Lipinski definition) is 0. The zero-order valence-corrected chi connectivity index (χ0v) is 9.25. The standard InChI is InChI=1S/C9H14ClNS/c1-4-8(10)7(3)9-11-6(2)5-12-9/h5,7-8H,4H2,1-3H3. The van der Waals surface area contributed by atoms with E-state index in [1.54, 1.807) is 11.3 Å². The third kappa shape index (κ3) is 2.20. The van der Waals surface area contributed by atoms with Crippen LogP contribution < -0.4 is 0 Å². The van der Waals surface area contributed by atoms with Crippen LogP contribution in [0.25, 0.3) is 0 Å². The first-order chi connectivity index (χ1) is 5.65. The van der Waals surface area contributed by atoms with Crippen LogP contribution in [0.1, 0.15) is 36.9 Å². The third-order valence-corrected chi connectivity index (χ3v) is 3.81. The van der Waals surface area contributed by atoms with Crippen molar-refractivity contribution in [3.8, 4) is 0 Å². The number of rotatable bonds is 3. The Morgan fingerprint density at radius 2 is 2.33 bits per heavy atom. The molecular weight excluding hydrogens is 190 g/mol. The van der Waals surface area contributed by atoms with Crippen molar-refractivity contribution in [1.82, 2.24) is 4.98 Å². The van der Waals surface area contributed by atoms with Crippen LogP contribution in [0.4, 0.5) is 0 Å². The van der Waals surface area contributed by atoms with Crippen molar-refractivity contribution in [3.63, 3.8) is 0 Å². The fourth-order valence-electron chi connectivity index (χ4n) is 1.09. The van der Waals surface area contributed by atoms with Crippen molar-refractivity contribution < 1.29 is 0 Å². The maximum absolute atomic E-state index is 6.13. The Kier molecular flexibility index (Phi) is 3.53. The molecule has 1 aromatic heterocycles. The van der Waals surface area contributed by atoms with E-state index in [1.165, 1.54) is 0 Å². The summed E-state index contributed by atoms with van der Waals surface area (Å²) in [4.78, 5) is 4.41. The molecule has 0 aliphatic carbocycles. The molecule has 0 fully saturated rings. The lowest BCUT2D eigenvalue weighted by molar-refractivity contribution is 0.669. The molecule has 0 aliphatic rings. The van der Waals surface area contributed by atoms with Crippen LogP contribution in [0, 0.1) is 6.92 Å². The second-order valence-corrected chi connectivity index (χ2v) is 4.49. The van der Waals surface area contributed by atoms with Crippen LogP contribution in [0.5, 0.6) is 0 Å². The molecule has 2 atom stereocenters. The second-order valence-electron chi connectivity index (χ2n) is 3.04. The van der Waals surface area contributed by atoms with Gasteiger partial charge in [0.1, 0.15) is 0 Å². The topological polar surface area (TPSA) is 12.9 Å². The predicted octanol–water partition coefficient (Wildman–Crippen LogP) is 3.57. The van der Waals surface area contributed by atoms with Crippen LogP contribution >= 0.6 is 22.9 Å². The van der Waals surface area contributed by atoms with E-state index < -0.39 is 0 Å². The summed E-state index contributed by atoms with van der Waals surface area (Å²) in [7, 11) is 0. The monoisotopic (exact) mass is 203 g/mol. The summed E-state index contributed by atoms with van der Waals surface area (Å²) in [5.74, 6) is 0.385. The van der Waals surface area contributed by atoms with E-state index in [1.807, 2.05) is 6.92 Å². The SMILES string of the molecule is CCC(Cl)C(C)c1nc(C)cs1. The molecule has 0 saturated carbocycles. The molecule has 12 heavy (non-hydrogen) atoms. The van der Waals surface area contributed by atoms with Gasteiger partial charge in [-0.05, 0) is 13.3 Å². The summed E-state index contributed by atoms with van der Waals surface area (Å²) >= 11 is 7.83. The minimum Gasteiger partial charge on any atom is -0.246 e. The average molecular weight is 204 g/mol. The number of thiazole rings is 1. The zero-order valence-electron chi connectivity index (χ0n) is 7.67. The molecule has 1 nitrogen and oxygen atoms in total. The Hall–Kier alpha value is -0.0800. The lowest BCUT2D eigenvalue weighted by Gasteiger charge is -2.12. The van der Waals surface area contributed by atoms with E-state index in [9.17, 15) is 0 Å². The summed E-state index contributed by atoms with van der Waals surface area (Å²) in [5.41, 5.74) is 1.10. The Morgan fingerprint density at radius 1 is 1.67 bits per heavy atom. The maximum atomic E-state index is 6.13. The van der Waals surface area contributed by atoms with E-state index in [2.05, 4.69) is 24.2 Å². The molecule has 0 spiro atoms. The first-order valence-electron chi connectivity index (χ1n) is 4.21. The van der Waals surface area contributed by atoms with Crippen molar-refractivity contribution in [2.24, 2.45) is 0 Å². The highest BCUT2D eigenvalue weighted by molar-refractivity contribution is 7.09. The minimum atomic E-state index is 0.218. The van der Waals surface area contributed by atoms with Crippen molar-refractivity contribution in [2.75, 3.05) is 0 Å². The summed E-state index contributed by atoms with van der Waals surface area (Å²) < 4.78 is 0. The van der Waals surface area contributed by atoms with Crippen molar-refractivity contribution in [3.05, 3.63) is 16.1 Å². The molecular formula is C9H14ClNS. The Labute approximate surface area is 82.8 Å². The van der Waals surface area contributed by atoms with Crippen molar-refractivity contribution in [1.29, 1.82) is 0 Å². The maximum Gasteiger partial charge on any atom is 0.0971 e. The van der Waals surface area contributed by atoms with Gasteiger partial charge in [-0.2, -0.15) is 0 Å². The molecule has 0 N–H and O–H groups in total. The Balaban J connectivity index is 2.70. The molecule has 2 unspecified atom stereocenters. The summed E-state index contributed by atoms with van der Waals surface area (Å²) in [6, 6.07) is 0. The van der Waals surface area contributed by atoms with Gasteiger partial charge in [-0.25, -0.2) is 4.98 Å². The number of nitrogens with zero attached hydrogens (tertiary/aromatic N) is 1. The molecule has 68 valence electrons. The van der Waals surface area contributed by atoms with E-state index >= 15 is 0 Å². The van der Waals surface area contributed by atoms with Gasteiger partial charge in [0.05, 0.1) is 5.01 Å². The zero-order chi connectivity index (χ0) is 9.14. The molecule has 3 heteroatoms. The van der Waals surface area contributed by atoms with Gasteiger partial charge < -0.3 is 0 Å². The van der Waals surface area contributed by atoms with E-state index in [-0.39, 0.29) is 5.38 Å². The van der Waals surface area contributed by atoms with Gasteiger partial charge in [0.2, 0.25) is 0 Å². The second kappa shape index (κ2) is 4.24. The summed E-state index contributed by atoms with van der Waals surface area (Å²) in [6.45, 7) is 6.26. The smallest absolute Gasteiger partial charge is 0.0971 e. The predicted molar refractivity (Wildman–Crippen MR) is 55.2 cm³/mol. The van der Waals surface area contributed by atoms with Crippen molar-refractivity contribution >= 4 is 22.9 Å². The molecule has 1 heterocycles. The highest BCUT2D eigenvalue weighted by Crippen LogP contribution is 2.27. The van der Waals surface area contributed by atoms with Crippen LogP contribution in [0.2, 0.25) is 0 Å². The van der Waals surface area contributed by atoms with Gasteiger partial charge in [0.15, 0.2) is 0 Å². The fraction of sp³-hybridized carbons (Fsp3) is 0.667. The van der Waals surface area contributed by atoms with E-state index in [4.69, 9.17) is 11.6 Å². The molecule has 0 saturated heterocycles. The largest absolute Gasteiger partial charge is 0.246 e. The van der Waals surface area contributed by atoms with Gasteiger partial charge in [0, 0.05) is 22.4 Å². The minimum absolute atomic E-state index is 0.218. The number of aromatic nitrogens is 1. The summed E-state index contributed by atoms with van der Waals surface area (Å²) in [6.07, 6.45) is 1.00. The molecule has 1 rings (SSSR count). The third-order valence-electron chi connectivity index (χ3n) is 1.96. The first kappa shape index (κ1) is 10.0. The number of alkyl halides is 1. The fourth-order valence-corrected chi connectivity index (χ4v) is 2.20. The number of halogens is 1. The molecule has 0 bridgehead atoms. The number of hydrogen-bond acceptors (Lipinski definition) is 2. The lowest BCUT2D eigenvalue weighted by Crippen LogP contribution is -2.07.